The number of fused-ring (bicyclic) bond motifs is 1. The van der Waals surface area contributed by atoms with Gasteiger partial charge in [0.25, 0.3) is 0 Å². The Morgan fingerprint density at radius 3 is 2.47 bits per heavy atom. The third-order valence-electron chi connectivity index (χ3n) is 7.05. The van der Waals surface area contributed by atoms with E-state index < -0.39 is 6.10 Å². The molecule has 1 N–H and O–H groups in total. The molecular formula is C27H30N2O. The van der Waals surface area contributed by atoms with Crippen LogP contribution in [0.15, 0.2) is 67.1 Å². The SMILES string of the molecule is CC1=C(c2ccccc2)C(CC(O)c2ccc(C3CCCCC3)cc2)n2cncc21. The van der Waals surface area contributed by atoms with Crippen LogP contribution in [0.2, 0.25) is 0 Å². The molecule has 2 aliphatic rings. The smallest absolute Gasteiger partial charge is 0.0956 e. The third-order valence-corrected chi connectivity index (χ3v) is 7.05. The standard InChI is InChI=1S/C27H30N2O/c1-19-25-17-28-18-29(25)24(27(19)23-10-6-3-7-11-23)16-26(30)22-14-12-21(13-15-22)20-8-4-2-5-9-20/h3,6-7,10-15,17-18,20,24,26,30H,2,4-5,8-9,16H2,1H3. The molecule has 3 heteroatoms. The highest BCUT2D eigenvalue weighted by atomic mass is 16.3. The Hall–Kier alpha value is -2.65. The van der Waals surface area contributed by atoms with Crippen molar-refractivity contribution in [2.24, 2.45) is 0 Å². The Labute approximate surface area is 179 Å². The van der Waals surface area contributed by atoms with Gasteiger partial charge >= 0.3 is 0 Å². The van der Waals surface area contributed by atoms with Crippen LogP contribution in [0, 0.1) is 0 Å². The number of allylic oxidation sites excluding steroid dienone is 2. The number of aliphatic hydroxyl groups is 1. The van der Waals surface area contributed by atoms with Gasteiger partial charge in [-0.2, -0.15) is 0 Å². The normalized spacial score (nSPS) is 20.4. The van der Waals surface area contributed by atoms with E-state index in [1.54, 1.807) is 0 Å². The number of rotatable bonds is 5. The maximum absolute atomic E-state index is 11.1. The zero-order chi connectivity index (χ0) is 20.5. The average molecular weight is 399 g/mol. The van der Waals surface area contributed by atoms with Crippen LogP contribution in [0.25, 0.3) is 11.1 Å². The van der Waals surface area contributed by atoms with Crippen LogP contribution in [0.1, 0.15) is 85.9 Å². The lowest BCUT2D eigenvalue weighted by Crippen LogP contribution is -2.12. The fourth-order valence-electron chi connectivity index (χ4n) is 5.40. The molecule has 2 atom stereocenters. The highest BCUT2D eigenvalue weighted by Crippen LogP contribution is 2.45. The number of nitrogens with zero attached hydrogens (tertiary/aromatic N) is 2. The van der Waals surface area contributed by atoms with Gasteiger partial charge in [-0.1, -0.05) is 73.9 Å². The Bertz CT molecular complexity index is 1030. The molecule has 0 radical (unpaired) electrons. The molecule has 30 heavy (non-hydrogen) atoms. The second-order valence-electron chi connectivity index (χ2n) is 8.86. The zero-order valence-corrected chi connectivity index (χ0v) is 17.7. The molecule has 0 saturated heterocycles. The second-order valence-corrected chi connectivity index (χ2v) is 8.86. The minimum absolute atomic E-state index is 0.0953. The molecule has 154 valence electrons. The predicted octanol–water partition coefficient (Wildman–Crippen LogP) is 6.54. The molecule has 2 aromatic carbocycles. The summed E-state index contributed by atoms with van der Waals surface area (Å²) in [5, 5.41) is 11.1. The summed E-state index contributed by atoms with van der Waals surface area (Å²) in [7, 11) is 0. The first-order valence-electron chi connectivity index (χ1n) is 11.3. The monoisotopic (exact) mass is 398 g/mol. The fourth-order valence-corrected chi connectivity index (χ4v) is 5.40. The zero-order valence-electron chi connectivity index (χ0n) is 17.7. The van der Waals surface area contributed by atoms with Gasteiger partial charge in [-0.15, -0.1) is 0 Å². The number of imidazole rings is 1. The van der Waals surface area contributed by atoms with E-state index in [4.69, 9.17) is 0 Å². The van der Waals surface area contributed by atoms with Crippen LogP contribution in [0.3, 0.4) is 0 Å². The summed E-state index contributed by atoms with van der Waals surface area (Å²) in [5.41, 5.74) is 7.37. The minimum Gasteiger partial charge on any atom is -0.388 e. The van der Waals surface area contributed by atoms with E-state index >= 15 is 0 Å². The van der Waals surface area contributed by atoms with E-state index in [2.05, 4.69) is 65.0 Å². The molecule has 0 spiro atoms. The highest BCUT2D eigenvalue weighted by Gasteiger charge is 2.31. The largest absolute Gasteiger partial charge is 0.388 e. The van der Waals surface area contributed by atoms with E-state index in [9.17, 15) is 5.11 Å². The molecule has 1 fully saturated rings. The molecule has 2 heterocycles. The van der Waals surface area contributed by atoms with Crippen LogP contribution < -0.4 is 0 Å². The lowest BCUT2D eigenvalue weighted by atomic mass is 9.83. The van der Waals surface area contributed by atoms with Gasteiger partial charge in [0.15, 0.2) is 0 Å². The van der Waals surface area contributed by atoms with Crippen LogP contribution in [-0.4, -0.2) is 14.7 Å². The van der Waals surface area contributed by atoms with Crippen LogP contribution in [-0.2, 0) is 0 Å². The first kappa shape index (κ1) is 19.3. The summed E-state index contributed by atoms with van der Waals surface area (Å²) >= 11 is 0. The fraction of sp³-hybridized carbons (Fsp3) is 0.370. The van der Waals surface area contributed by atoms with Crippen molar-refractivity contribution in [2.45, 2.75) is 63.5 Å². The van der Waals surface area contributed by atoms with Crippen LogP contribution in [0.5, 0.6) is 0 Å². The summed E-state index contributed by atoms with van der Waals surface area (Å²) in [6, 6.07) is 19.4. The van der Waals surface area contributed by atoms with Crippen LogP contribution >= 0.6 is 0 Å². The maximum Gasteiger partial charge on any atom is 0.0956 e. The molecule has 0 bridgehead atoms. The topological polar surface area (TPSA) is 38.0 Å². The number of hydrogen-bond acceptors (Lipinski definition) is 2. The minimum atomic E-state index is -0.504. The highest BCUT2D eigenvalue weighted by molar-refractivity contribution is 5.93. The molecule has 0 amide bonds. The predicted molar refractivity (Wildman–Crippen MR) is 122 cm³/mol. The van der Waals surface area contributed by atoms with E-state index in [-0.39, 0.29) is 6.04 Å². The van der Waals surface area contributed by atoms with Gasteiger partial charge in [0.05, 0.1) is 30.4 Å². The Morgan fingerprint density at radius 1 is 1.00 bits per heavy atom. The molecule has 1 aromatic heterocycles. The van der Waals surface area contributed by atoms with Crippen molar-refractivity contribution in [3.05, 3.63) is 89.5 Å². The van der Waals surface area contributed by atoms with Crippen molar-refractivity contribution in [3.63, 3.8) is 0 Å². The summed E-state index contributed by atoms with van der Waals surface area (Å²) in [5.74, 6) is 0.698. The van der Waals surface area contributed by atoms with Crippen molar-refractivity contribution in [3.8, 4) is 0 Å². The summed E-state index contributed by atoms with van der Waals surface area (Å²) in [6.07, 6.45) is 10.7. The van der Waals surface area contributed by atoms with Gasteiger partial charge in [-0.05, 0) is 53.5 Å². The quantitative estimate of drug-likeness (QED) is 0.530. The molecular weight excluding hydrogens is 368 g/mol. The van der Waals surface area contributed by atoms with Gasteiger partial charge in [0.1, 0.15) is 0 Å². The van der Waals surface area contributed by atoms with Gasteiger partial charge in [-0.3, -0.25) is 0 Å². The Kier molecular flexibility index (Phi) is 5.30. The lowest BCUT2D eigenvalue weighted by molar-refractivity contribution is 0.156. The van der Waals surface area contributed by atoms with Gasteiger partial charge in [-0.25, -0.2) is 4.98 Å². The van der Waals surface area contributed by atoms with Crippen LogP contribution in [0.4, 0.5) is 0 Å². The maximum atomic E-state index is 11.1. The Balaban J connectivity index is 1.39. The third kappa shape index (κ3) is 3.52. The number of benzene rings is 2. The number of aromatic nitrogens is 2. The average Bonchev–Trinajstić information content (AvgIpc) is 3.38. The van der Waals surface area contributed by atoms with Gasteiger partial charge < -0.3 is 9.67 Å². The van der Waals surface area contributed by atoms with E-state index in [1.165, 1.54) is 54.4 Å². The van der Waals surface area contributed by atoms with Crippen molar-refractivity contribution in [1.82, 2.24) is 9.55 Å². The Morgan fingerprint density at radius 2 is 1.73 bits per heavy atom. The molecule has 1 aliphatic carbocycles. The summed E-state index contributed by atoms with van der Waals surface area (Å²) in [4.78, 5) is 4.36. The second kappa shape index (κ2) is 8.23. The summed E-state index contributed by atoms with van der Waals surface area (Å²) < 4.78 is 2.22. The molecule has 1 aliphatic heterocycles. The van der Waals surface area contributed by atoms with Crippen molar-refractivity contribution < 1.29 is 5.11 Å². The molecule has 3 nitrogen and oxygen atoms in total. The van der Waals surface area contributed by atoms with E-state index in [0.717, 1.165) is 11.3 Å². The van der Waals surface area contributed by atoms with Crippen molar-refractivity contribution >= 4 is 11.1 Å². The molecule has 5 rings (SSSR count). The van der Waals surface area contributed by atoms with Gasteiger partial charge in [0.2, 0.25) is 0 Å². The first-order valence-corrected chi connectivity index (χ1v) is 11.3. The summed E-state index contributed by atoms with van der Waals surface area (Å²) in [6.45, 7) is 2.17. The molecule has 3 aromatic rings. The van der Waals surface area contributed by atoms with Crippen molar-refractivity contribution in [2.75, 3.05) is 0 Å². The molecule has 1 saturated carbocycles. The van der Waals surface area contributed by atoms with E-state index in [0.29, 0.717) is 12.3 Å². The number of aliphatic hydroxyl groups excluding tert-OH is 1. The van der Waals surface area contributed by atoms with Gasteiger partial charge in [0, 0.05) is 6.42 Å². The number of hydrogen-bond donors (Lipinski definition) is 1. The first-order chi connectivity index (χ1) is 14.7. The van der Waals surface area contributed by atoms with Crippen molar-refractivity contribution in [1.29, 1.82) is 0 Å². The lowest BCUT2D eigenvalue weighted by Gasteiger charge is -2.24. The van der Waals surface area contributed by atoms with E-state index in [1.807, 2.05) is 18.6 Å². The molecule has 2 unspecified atom stereocenters.